The third-order valence-electron chi connectivity index (χ3n) is 7.10. The number of aliphatic imine (C=N–C) groups is 1. The van der Waals surface area contributed by atoms with E-state index in [2.05, 4.69) is 15.6 Å². The molecule has 0 fully saturated rings. The second-order valence-corrected chi connectivity index (χ2v) is 10.2. The van der Waals surface area contributed by atoms with Gasteiger partial charge >= 0.3 is 13.0 Å². The average molecular weight is 572 g/mol. The van der Waals surface area contributed by atoms with E-state index in [-0.39, 0.29) is 18.4 Å². The summed E-state index contributed by atoms with van der Waals surface area (Å²) >= 11 is 0. The summed E-state index contributed by atoms with van der Waals surface area (Å²) in [5, 5.41) is 5.62. The van der Waals surface area contributed by atoms with Crippen molar-refractivity contribution in [3.05, 3.63) is 89.2 Å². The molecule has 0 aliphatic carbocycles. The van der Waals surface area contributed by atoms with Gasteiger partial charge in [-0.3, -0.25) is 19.1 Å². The van der Waals surface area contributed by atoms with Crippen LogP contribution in [-0.2, 0) is 15.8 Å². The first-order valence-corrected chi connectivity index (χ1v) is 14.2. The first kappa shape index (κ1) is 29.1. The van der Waals surface area contributed by atoms with Gasteiger partial charge in [-0.2, -0.15) is 8.78 Å². The van der Waals surface area contributed by atoms with Crippen LogP contribution in [0, 0.1) is 5.94 Å². The van der Waals surface area contributed by atoms with Gasteiger partial charge in [0.15, 0.2) is 6.61 Å². The Bertz CT molecular complexity index is 1430. The highest BCUT2D eigenvalue weighted by Crippen LogP contribution is 2.44. The lowest BCUT2D eigenvalue weighted by molar-refractivity contribution is -0.166. The zero-order chi connectivity index (χ0) is 29.5. The van der Waals surface area contributed by atoms with E-state index < -0.39 is 13.0 Å². The van der Waals surface area contributed by atoms with Crippen LogP contribution in [-0.4, -0.2) is 54.0 Å². The molecule has 42 heavy (non-hydrogen) atoms. The monoisotopic (exact) mass is 572 g/mol. The zero-order valence-corrected chi connectivity index (χ0v) is 23.4. The molecule has 1 radical (unpaired) electrons. The number of fused-ring (bicyclic) bond motifs is 2. The molecule has 0 saturated heterocycles. The molecule has 1 aromatic carbocycles. The number of allylic oxidation sites excluding steroid dienone is 2. The first-order valence-electron chi connectivity index (χ1n) is 14.2. The van der Waals surface area contributed by atoms with Gasteiger partial charge in [0.1, 0.15) is 11.7 Å². The number of benzene rings is 1. The van der Waals surface area contributed by atoms with Crippen molar-refractivity contribution in [3.63, 3.8) is 0 Å². The van der Waals surface area contributed by atoms with Crippen LogP contribution in [0.25, 0.3) is 18.2 Å². The smallest absolute Gasteiger partial charge is 0.407 e. The van der Waals surface area contributed by atoms with Crippen LogP contribution in [0.3, 0.4) is 0 Å². The Hall–Kier alpha value is -4.41. The lowest BCUT2D eigenvalue weighted by Crippen LogP contribution is -2.52. The Morgan fingerprint density at radius 1 is 1.02 bits per heavy atom. The molecule has 0 spiro atoms. The molecule has 0 unspecified atom stereocenters. The number of nitrogens with zero attached hydrogens (tertiary/aromatic N) is 3. The molecule has 1 aromatic heterocycles. The average Bonchev–Trinajstić information content (AvgIpc) is 3.75. The van der Waals surface area contributed by atoms with Gasteiger partial charge in [0.2, 0.25) is 5.91 Å². The molecule has 0 bridgehead atoms. The fourth-order valence-corrected chi connectivity index (χ4v) is 5.01. The highest BCUT2D eigenvalue weighted by molar-refractivity contribution is 6.70. The molecule has 2 amide bonds. The molecule has 4 heterocycles. The number of halogens is 2. The van der Waals surface area contributed by atoms with E-state index in [1.54, 1.807) is 85.0 Å². The SMILES string of the molecule is CCCNC(=O)CCCCNC(=O)COc1ccc(/C=C/c2ccc3n2C(F)(F)N2B([C]4C=CC=N4)C=CC2=C3)cc1. The number of ether oxygens (including phenoxy) is 1. The standard InChI is InChI=1S/C31H33BF2N5O3/c1-2-18-36-29(40)7-3-4-19-37-30(41)22-42-27-14-9-23(10-15-27)8-11-24-12-13-25-21-26-16-17-32(28-6-5-20-35-28)39(26)31(33,34)38(24)25/h5-6,8-17,20-21H,2-4,7,18-19,22H2,1H3,(H,36,40)(H,37,41)/b11-8+. The molecule has 5 rings (SSSR count). The Balaban J connectivity index is 1.12. The number of nitrogens with one attached hydrogen (secondary N) is 2. The van der Waals surface area contributed by atoms with Gasteiger partial charge in [-0.15, -0.1) is 0 Å². The molecule has 3 aliphatic heterocycles. The molecule has 2 N–H and O–H groups in total. The van der Waals surface area contributed by atoms with E-state index in [1.807, 2.05) is 6.92 Å². The van der Waals surface area contributed by atoms with E-state index in [1.165, 1.54) is 0 Å². The van der Waals surface area contributed by atoms with Gasteiger partial charge in [0.05, 0.1) is 5.69 Å². The summed E-state index contributed by atoms with van der Waals surface area (Å²) in [5.74, 6) is 2.63. The van der Waals surface area contributed by atoms with Crippen LogP contribution in [0.4, 0.5) is 8.78 Å². The third kappa shape index (κ3) is 6.56. The van der Waals surface area contributed by atoms with E-state index in [9.17, 15) is 9.59 Å². The minimum atomic E-state index is -3.29. The zero-order valence-electron chi connectivity index (χ0n) is 23.4. The van der Waals surface area contributed by atoms with Crippen molar-refractivity contribution >= 4 is 43.1 Å². The predicted molar refractivity (Wildman–Crippen MR) is 161 cm³/mol. The Kier molecular flexibility index (Phi) is 9.05. The maximum atomic E-state index is 15.9. The van der Waals surface area contributed by atoms with Gasteiger partial charge < -0.3 is 20.2 Å². The molecular weight excluding hydrogens is 539 g/mol. The van der Waals surface area contributed by atoms with E-state index >= 15 is 8.78 Å². The Labute approximate surface area is 244 Å². The van der Waals surface area contributed by atoms with Crippen molar-refractivity contribution < 1.29 is 23.1 Å². The molecule has 3 aliphatic rings. The largest absolute Gasteiger partial charge is 0.484 e. The summed E-state index contributed by atoms with van der Waals surface area (Å²) in [6, 6.07) is 10.4. The first-order chi connectivity index (χ1) is 20.4. The number of alkyl halides is 2. The van der Waals surface area contributed by atoms with Gasteiger partial charge in [-0.05, 0) is 67.3 Å². The third-order valence-corrected chi connectivity index (χ3v) is 7.10. The lowest BCUT2D eigenvalue weighted by Gasteiger charge is -2.39. The van der Waals surface area contributed by atoms with Crippen LogP contribution in [0.2, 0.25) is 0 Å². The number of aromatic nitrogens is 1. The van der Waals surface area contributed by atoms with Crippen molar-refractivity contribution in [3.8, 4) is 5.75 Å². The molecule has 0 saturated carbocycles. The van der Waals surface area contributed by atoms with E-state index in [4.69, 9.17) is 4.74 Å². The van der Waals surface area contributed by atoms with Crippen LogP contribution in [0.1, 0.15) is 49.6 Å². The number of unbranched alkanes of at least 4 members (excludes halogenated alkanes) is 1. The summed E-state index contributed by atoms with van der Waals surface area (Å²) in [6.07, 6.45) is 11.5. The van der Waals surface area contributed by atoms with Gasteiger partial charge in [0, 0.05) is 37.1 Å². The fraction of sp³-hybridized carbons (Fsp3) is 0.290. The van der Waals surface area contributed by atoms with E-state index in [0.717, 1.165) is 21.4 Å². The summed E-state index contributed by atoms with van der Waals surface area (Å²) in [4.78, 5) is 29.0. The van der Waals surface area contributed by atoms with Crippen molar-refractivity contribution in [1.29, 1.82) is 0 Å². The van der Waals surface area contributed by atoms with Crippen LogP contribution in [0.5, 0.6) is 5.75 Å². The van der Waals surface area contributed by atoms with Crippen molar-refractivity contribution in [1.82, 2.24) is 20.0 Å². The number of hydrogen-bond acceptors (Lipinski definition) is 5. The lowest BCUT2D eigenvalue weighted by atomic mass is 9.55. The molecule has 217 valence electrons. The number of hydrogen-bond donors (Lipinski definition) is 2. The molecule has 8 nitrogen and oxygen atoms in total. The minimum Gasteiger partial charge on any atom is -0.484 e. The number of carbonyl (C=O) groups excluding carboxylic acids is 2. The summed E-state index contributed by atoms with van der Waals surface area (Å²) < 4.78 is 38.4. The Morgan fingerprint density at radius 3 is 2.60 bits per heavy atom. The van der Waals surface area contributed by atoms with Crippen molar-refractivity contribution in [2.24, 2.45) is 4.99 Å². The highest BCUT2D eigenvalue weighted by Gasteiger charge is 2.52. The van der Waals surface area contributed by atoms with Crippen molar-refractivity contribution in [2.45, 2.75) is 38.8 Å². The van der Waals surface area contributed by atoms with Crippen molar-refractivity contribution in [2.75, 3.05) is 19.7 Å². The maximum absolute atomic E-state index is 15.9. The second-order valence-electron chi connectivity index (χ2n) is 10.2. The number of amides is 2. The topological polar surface area (TPSA) is 88.0 Å². The van der Waals surface area contributed by atoms with Gasteiger partial charge in [-0.25, -0.2) is 0 Å². The van der Waals surface area contributed by atoms with Gasteiger partial charge in [0.25, 0.3) is 5.91 Å². The number of carbonyl (C=O) groups is 2. The van der Waals surface area contributed by atoms with E-state index in [0.29, 0.717) is 61.1 Å². The normalized spacial score (nSPS) is 16.6. The predicted octanol–water partition coefficient (Wildman–Crippen LogP) is 4.83. The maximum Gasteiger partial charge on any atom is 0.407 e. The summed E-state index contributed by atoms with van der Waals surface area (Å²) in [5.41, 5.74) is 2.03. The Morgan fingerprint density at radius 2 is 1.83 bits per heavy atom. The van der Waals surface area contributed by atoms with Crippen LogP contribution in [0.15, 0.2) is 71.3 Å². The molecule has 2 aromatic rings. The minimum absolute atomic E-state index is 0.0337. The number of rotatable bonds is 13. The van der Waals surface area contributed by atoms with Crippen LogP contribution >= 0.6 is 0 Å². The quantitative estimate of drug-likeness (QED) is 0.205. The molecule has 0 atom stereocenters. The fourth-order valence-electron chi connectivity index (χ4n) is 5.01. The van der Waals surface area contributed by atoms with Gasteiger partial charge in [-0.1, -0.05) is 43.3 Å². The summed E-state index contributed by atoms with van der Waals surface area (Å²) in [6.45, 7) is 2.39. The van der Waals surface area contributed by atoms with Crippen LogP contribution < -0.4 is 15.4 Å². The molecular formula is C31H33BF2N5O3. The summed E-state index contributed by atoms with van der Waals surface area (Å²) in [7, 11) is 0. The molecule has 11 heteroatoms. The highest BCUT2D eigenvalue weighted by atomic mass is 19.3. The second kappa shape index (κ2) is 13.1.